The molecule has 0 aromatic carbocycles. The van der Waals surface area contributed by atoms with Crippen LogP contribution >= 0.6 is 15.9 Å². The molecule has 13 heavy (non-hydrogen) atoms. The Bertz CT molecular complexity index is 205. The van der Waals surface area contributed by atoms with E-state index in [1.54, 1.807) is 0 Å². The molecule has 0 N–H and O–H groups in total. The Labute approximate surface area is 88.1 Å². The van der Waals surface area contributed by atoms with Gasteiger partial charge in [-0.05, 0) is 26.7 Å². The van der Waals surface area contributed by atoms with Crippen LogP contribution in [0.15, 0.2) is 0 Å². The summed E-state index contributed by atoms with van der Waals surface area (Å²) < 4.78 is 11.5. The Morgan fingerprint density at radius 1 is 1.38 bits per heavy atom. The molecule has 2 saturated heterocycles. The fourth-order valence-electron chi connectivity index (χ4n) is 2.57. The largest absolute Gasteiger partial charge is 0.377 e. The number of halogens is 1. The van der Waals surface area contributed by atoms with Gasteiger partial charge >= 0.3 is 0 Å². The smallest absolute Gasteiger partial charge is 0.0679 e. The number of rotatable bonds is 1. The molecule has 2 atom stereocenters. The molecule has 2 nitrogen and oxygen atoms in total. The van der Waals surface area contributed by atoms with Gasteiger partial charge in [0.25, 0.3) is 0 Å². The second-order valence-electron chi connectivity index (χ2n) is 5.02. The number of hydrogen-bond donors (Lipinski definition) is 0. The van der Waals surface area contributed by atoms with E-state index in [0.717, 1.165) is 31.4 Å². The Morgan fingerprint density at radius 2 is 2.15 bits per heavy atom. The van der Waals surface area contributed by atoms with Crippen LogP contribution in [-0.2, 0) is 9.47 Å². The van der Waals surface area contributed by atoms with Crippen molar-refractivity contribution in [3.63, 3.8) is 0 Å². The lowest BCUT2D eigenvalue weighted by Gasteiger charge is -2.20. The summed E-state index contributed by atoms with van der Waals surface area (Å²) in [5.74, 6) is 0. The summed E-state index contributed by atoms with van der Waals surface area (Å²) in [5.41, 5.74) is 0.381. The first-order chi connectivity index (χ1) is 6.05. The molecule has 76 valence electrons. The SMILES string of the molecule is CC1(C)CC2(COC(CBr)C2)CO1. The highest BCUT2D eigenvalue weighted by Gasteiger charge is 2.49. The normalized spacial score (nSPS) is 43.2. The highest BCUT2D eigenvalue weighted by atomic mass is 79.9. The van der Waals surface area contributed by atoms with Crippen molar-refractivity contribution in [3.8, 4) is 0 Å². The number of ether oxygens (including phenoxy) is 2. The fourth-order valence-corrected chi connectivity index (χ4v) is 2.99. The van der Waals surface area contributed by atoms with Gasteiger partial charge in [0, 0.05) is 10.7 Å². The van der Waals surface area contributed by atoms with Crippen molar-refractivity contribution >= 4 is 15.9 Å². The van der Waals surface area contributed by atoms with Gasteiger partial charge in [0.1, 0.15) is 0 Å². The topological polar surface area (TPSA) is 18.5 Å². The molecule has 2 unspecified atom stereocenters. The molecule has 0 bridgehead atoms. The number of hydrogen-bond acceptors (Lipinski definition) is 2. The van der Waals surface area contributed by atoms with Gasteiger partial charge in [0.15, 0.2) is 0 Å². The van der Waals surface area contributed by atoms with E-state index >= 15 is 0 Å². The van der Waals surface area contributed by atoms with Gasteiger partial charge in [0.2, 0.25) is 0 Å². The van der Waals surface area contributed by atoms with E-state index in [2.05, 4.69) is 29.8 Å². The minimum Gasteiger partial charge on any atom is -0.377 e. The Balaban J connectivity index is 2.01. The van der Waals surface area contributed by atoms with Crippen LogP contribution in [0.4, 0.5) is 0 Å². The van der Waals surface area contributed by atoms with Gasteiger partial charge in [-0.2, -0.15) is 0 Å². The summed E-state index contributed by atoms with van der Waals surface area (Å²) in [5, 5.41) is 0.954. The average Bonchev–Trinajstić information content (AvgIpc) is 2.57. The molecule has 0 aromatic heterocycles. The number of alkyl halides is 1. The first-order valence-electron chi connectivity index (χ1n) is 4.87. The van der Waals surface area contributed by atoms with Crippen LogP contribution in [-0.4, -0.2) is 30.2 Å². The van der Waals surface area contributed by atoms with E-state index in [4.69, 9.17) is 9.47 Å². The van der Waals surface area contributed by atoms with Gasteiger partial charge in [-0.1, -0.05) is 15.9 Å². The van der Waals surface area contributed by atoms with Crippen LogP contribution in [0.3, 0.4) is 0 Å². The molecule has 0 amide bonds. The molecule has 0 radical (unpaired) electrons. The van der Waals surface area contributed by atoms with Gasteiger partial charge in [0.05, 0.1) is 24.9 Å². The maximum atomic E-state index is 5.78. The molecular weight excluding hydrogens is 232 g/mol. The third-order valence-corrected chi connectivity index (χ3v) is 3.75. The molecule has 0 aromatic rings. The van der Waals surface area contributed by atoms with Crippen molar-refractivity contribution in [1.82, 2.24) is 0 Å². The summed E-state index contributed by atoms with van der Waals surface area (Å²) in [6.45, 7) is 6.10. The molecule has 3 heteroatoms. The summed E-state index contributed by atoms with van der Waals surface area (Å²) >= 11 is 3.47. The lowest BCUT2D eigenvalue weighted by molar-refractivity contribution is 0.0300. The summed E-state index contributed by atoms with van der Waals surface area (Å²) in [7, 11) is 0. The molecule has 0 aliphatic carbocycles. The zero-order valence-corrected chi connectivity index (χ0v) is 9.89. The second kappa shape index (κ2) is 3.21. The lowest BCUT2D eigenvalue weighted by Crippen LogP contribution is -2.24. The van der Waals surface area contributed by atoms with Crippen molar-refractivity contribution in [2.45, 2.75) is 38.4 Å². The third-order valence-electron chi connectivity index (χ3n) is 3.03. The van der Waals surface area contributed by atoms with Crippen molar-refractivity contribution < 1.29 is 9.47 Å². The Hall–Kier alpha value is 0.400. The minimum atomic E-state index is 0.0601. The van der Waals surface area contributed by atoms with E-state index in [-0.39, 0.29) is 5.60 Å². The molecule has 2 aliphatic rings. The summed E-state index contributed by atoms with van der Waals surface area (Å²) in [6, 6.07) is 0. The minimum absolute atomic E-state index is 0.0601. The first kappa shape index (κ1) is 9.94. The molecule has 1 spiro atoms. The van der Waals surface area contributed by atoms with E-state index < -0.39 is 0 Å². The van der Waals surface area contributed by atoms with Crippen LogP contribution in [0.2, 0.25) is 0 Å². The van der Waals surface area contributed by atoms with Crippen molar-refractivity contribution in [2.75, 3.05) is 18.5 Å². The highest BCUT2D eigenvalue weighted by Crippen LogP contribution is 2.46. The molecule has 2 rings (SSSR count). The predicted molar refractivity (Wildman–Crippen MR) is 55.2 cm³/mol. The molecular formula is C10H17BrO2. The van der Waals surface area contributed by atoms with Gasteiger partial charge < -0.3 is 9.47 Å². The lowest BCUT2D eigenvalue weighted by atomic mass is 9.80. The standard InChI is InChI=1S/C10H17BrO2/c1-9(2)5-10(7-13-9)3-8(4-11)12-6-10/h8H,3-7H2,1-2H3. The van der Waals surface area contributed by atoms with E-state index in [1.165, 1.54) is 0 Å². The van der Waals surface area contributed by atoms with Gasteiger partial charge in [-0.3, -0.25) is 0 Å². The molecule has 2 heterocycles. The maximum Gasteiger partial charge on any atom is 0.0679 e. The predicted octanol–water partition coefficient (Wildman–Crippen LogP) is 2.36. The molecule has 2 fully saturated rings. The quantitative estimate of drug-likeness (QED) is 0.664. The summed E-state index contributed by atoms with van der Waals surface area (Å²) in [4.78, 5) is 0. The average molecular weight is 249 g/mol. The van der Waals surface area contributed by atoms with E-state index in [9.17, 15) is 0 Å². The molecule has 0 saturated carbocycles. The zero-order chi connectivity index (χ0) is 9.53. The third kappa shape index (κ3) is 1.92. The van der Waals surface area contributed by atoms with Crippen LogP contribution < -0.4 is 0 Å². The van der Waals surface area contributed by atoms with Crippen LogP contribution in [0, 0.1) is 5.41 Å². The van der Waals surface area contributed by atoms with Crippen molar-refractivity contribution in [3.05, 3.63) is 0 Å². The van der Waals surface area contributed by atoms with Crippen molar-refractivity contribution in [1.29, 1.82) is 0 Å². The van der Waals surface area contributed by atoms with E-state index in [0.29, 0.717) is 11.5 Å². The molecule has 2 aliphatic heterocycles. The van der Waals surface area contributed by atoms with E-state index in [1.807, 2.05) is 0 Å². The Morgan fingerprint density at radius 3 is 2.62 bits per heavy atom. The van der Waals surface area contributed by atoms with Crippen LogP contribution in [0.1, 0.15) is 26.7 Å². The fraction of sp³-hybridized carbons (Fsp3) is 1.00. The maximum absolute atomic E-state index is 5.78. The highest BCUT2D eigenvalue weighted by molar-refractivity contribution is 9.09. The van der Waals surface area contributed by atoms with Crippen molar-refractivity contribution in [2.24, 2.45) is 5.41 Å². The second-order valence-corrected chi connectivity index (χ2v) is 5.66. The van der Waals surface area contributed by atoms with Gasteiger partial charge in [-0.15, -0.1) is 0 Å². The Kier molecular flexibility index (Phi) is 2.45. The van der Waals surface area contributed by atoms with Crippen LogP contribution in [0.25, 0.3) is 0 Å². The van der Waals surface area contributed by atoms with Crippen LogP contribution in [0.5, 0.6) is 0 Å². The summed E-state index contributed by atoms with van der Waals surface area (Å²) in [6.07, 6.45) is 2.70. The van der Waals surface area contributed by atoms with Gasteiger partial charge in [-0.25, -0.2) is 0 Å². The zero-order valence-electron chi connectivity index (χ0n) is 8.31. The monoisotopic (exact) mass is 248 g/mol. The first-order valence-corrected chi connectivity index (χ1v) is 5.99.